The normalized spacial score (nSPS) is 11.8. The summed E-state index contributed by atoms with van der Waals surface area (Å²) in [5.74, 6) is -1.10. The summed E-state index contributed by atoms with van der Waals surface area (Å²) >= 11 is 0. The monoisotopic (exact) mass is 339 g/mol. The molecule has 0 fully saturated rings. The smallest absolute Gasteiger partial charge is 0.402 e. The molecular formula is C13H10F2NaO5S. The second kappa shape index (κ2) is 7.01. The Labute approximate surface area is 147 Å². The zero-order valence-electron chi connectivity index (χ0n) is 11.5. The van der Waals surface area contributed by atoms with E-state index in [1.165, 1.54) is 6.07 Å². The van der Waals surface area contributed by atoms with Crippen LogP contribution in [0.5, 0.6) is 0 Å². The van der Waals surface area contributed by atoms with Crippen molar-refractivity contribution in [2.75, 3.05) is 6.61 Å². The van der Waals surface area contributed by atoms with Crippen molar-refractivity contribution in [3.63, 3.8) is 0 Å². The number of fused-ring (bicyclic) bond motifs is 1. The number of halogens is 2. The van der Waals surface area contributed by atoms with E-state index in [9.17, 15) is 22.0 Å². The fourth-order valence-corrected chi connectivity index (χ4v) is 1.91. The SMILES string of the molecule is O=C(OCC(F)(F)S(=O)(=O)O)c1cccc2ccccc12.[Na]. The van der Waals surface area contributed by atoms with Crippen LogP contribution in [0.25, 0.3) is 10.8 Å². The third kappa shape index (κ3) is 4.02. The van der Waals surface area contributed by atoms with Gasteiger partial charge in [-0.2, -0.15) is 17.2 Å². The molecule has 0 amide bonds. The van der Waals surface area contributed by atoms with Crippen molar-refractivity contribution in [1.82, 2.24) is 0 Å². The van der Waals surface area contributed by atoms with E-state index in [4.69, 9.17) is 4.55 Å². The van der Waals surface area contributed by atoms with Crippen LogP contribution in [0.4, 0.5) is 8.78 Å². The van der Waals surface area contributed by atoms with E-state index in [2.05, 4.69) is 4.74 Å². The van der Waals surface area contributed by atoms with Gasteiger partial charge in [-0.3, -0.25) is 4.55 Å². The minimum absolute atomic E-state index is 0. The van der Waals surface area contributed by atoms with Crippen LogP contribution in [0.2, 0.25) is 0 Å². The maximum Gasteiger partial charge on any atom is 0.402 e. The Hall–Kier alpha value is -1.06. The largest absolute Gasteiger partial charge is 0.454 e. The molecular weight excluding hydrogens is 329 g/mol. The van der Waals surface area contributed by atoms with Crippen molar-refractivity contribution in [1.29, 1.82) is 0 Å². The topological polar surface area (TPSA) is 80.7 Å². The second-order valence-corrected chi connectivity index (χ2v) is 5.76. The number of hydrogen-bond donors (Lipinski definition) is 1. The van der Waals surface area contributed by atoms with Crippen LogP contribution < -0.4 is 0 Å². The van der Waals surface area contributed by atoms with Gasteiger partial charge in [0, 0.05) is 29.6 Å². The van der Waals surface area contributed by atoms with Gasteiger partial charge in [0.25, 0.3) is 0 Å². The summed E-state index contributed by atoms with van der Waals surface area (Å²) in [5.41, 5.74) is 0.0271. The molecule has 0 heterocycles. The molecule has 2 aromatic rings. The van der Waals surface area contributed by atoms with E-state index in [-0.39, 0.29) is 35.1 Å². The Balaban J connectivity index is 0.00000242. The summed E-state index contributed by atoms with van der Waals surface area (Å²) in [7, 11) is -5.63. The molecule has 5 nitrogen and oxygen atoms in total. The Bertz CT molecular complexity index is 787. The molecule has 0 saturated heterocycles. The molecule has 0 aliphatic heterocycles. The van der Waals surface area contributed by atoms with Crippen LogP contribution in [0.15, 0.2) is 42.5 Å². The number of alkyl halides is 2. The number of hydrogen-bond acceptors (Lipinski definition) is 4. The third-order valence-corrected chi connectivity index (χ3v) is 3.63. The van der Waals surface area contributed by atoms with Crippen LogP contribution in [0, 0.1) is 0 Å². The van der Waals surface area contributed by atoms with Gasteiger partial charge in [-0.1, -0.05) is 36.4 Å². The fourth-order valence-electron chi connectivity index (χ4n) is 1.71. The number of carbonyl (C=O) groups is 1. The van der Waals surface area contributed by atoms with Crippen LogP contribution >= 0.6 is 0 Å². The van der Waals surface area contributed by atoms with Crippen molar-refractivity contribution in [2.45, 2.75) is 5.25 Å². The van der Waals surface area contributed by atoms with Gasteiger partial charge in [0.05, 0.1) is 5.56 Å². The van der Waals surface area contributed by atoms with Gasteiger partial charge in [-0.25, -0.2) is 4.79 Å². The van der Waals surface area contributed by atoms with Crippen molar-refractivity contribution in [3.8, 4) is 0 Å². The summed E-state index contributed by atoms with van der Waals surface area (Å²) in [6.45, 7) is -1.76. The Morgan fingerprint density at radius 3 is 2.36 bits per heavy atom. The third-order valence-electron chi connectivity index (χ3n) is 2.76. The summed E-state index contributed by atoms with van der Waals surface area (Å²) in [6.07, 6.45) is 0. The molecule has 2 aromatic carbocycles. The summed E-state index contributed by atoms with van der Waals surface area (Å²) in [6, 6.07) is 11.4. The van der Waals surface area contributed by atoms with Gasteiger partial charge in [0.15, 0.2) is 6.61 Å². The van der Waals surface area contributed by atoms with Crippen LogP contribution in [-0.4, -0.2) is 60.4 Å². The number of esters is 1. The molecule has 0 spiro atoms. The van der Waals surface area contributed by atoms with Crippen LogP contribution in [0.3, 0.4) is 0 Å². The summed E-state index contributed by atoms with van der Waals surface area (Å²) in [4.78, 5) is 11.8. The van der Waals surface area contributed by atoms with Crippen molar-refractivity contribution in [3.05, 3.63) is 48.0 Å². The first-order chi connectivity index (χ1) is 9.72. The van der Waals surface area contributed by atoms with E-state index < -0.39 is 27.9 Å². The molecule has 113 valence electrons. The molecule has 0 aliphatic rings. The maximum atomic E-state index is 13.0. The first-order valence-corrected chi connectivity index (χ1v) is 7.16. The van der Waals surface area contributed by atoms with Crippen molar-refractivity contribution < 1.29 is 31.3 Å². The molecule has 0 aliphatic carbocycles. The quantitative estimate of drug-likeness (QED) is 0.524. The standard InChI is InChI=1S/C13H10F2O5S.Na/c14-13(15,21(17,18)19)8-20-12(16)11-7-3-5-9-4-1-2-6-10(9)11;/h1-7H,8H2,(H,17,18,19);. The van der Waals surface area contributed by atoms with Gasteiger partial charge >= 0.3 is 21.3 Å². The molecule has 1 N–H and O–H groups in total. The minimum atomic E-state index is -5.63. The zero-order valence-corrected chi connectivity index (χ0v) is 14.3. The van der Waals surface area contributed by atoms with E-state index >= 15 is 0 Å². The zero-order chi connectivity index (χ0) is 15.7. The molecule has 9 heteroatoms. The summed E-state index contributed by atoms with van der Waals surface area (Å²) in [5, 5.41) is -3.36. The van der Waals surface area contributed by atoms with Gasteiger partial charge < -0.3 is 4.74 Å². The van der Waals surface area contributed by atoms with Gasteiger partial charge in [-0.15, -0.1) is 0 Å². The Morgan fingerprint density at radius 1 is 1.14 bits per heavy atom. The molecule has 0 atom stereocenters. The van der Waals surface area contributed by atoms with Gasteiger partial charge in [0.1, 0.15) is 0 Å². The number of rotatable bonds is 4. The average Bonchev–Trinajstić information content (AvgIpc) is 2.43. The van der Waals surface area contributed by atoms with Crippen molar-refractivity contribution in [2.24, 2.45) is 0 Å². The first kappa shape index (κ1) is 19.0. The fraction of sp³-hybridized carbons (Fsp3) is 0.154. The van der Waals surface area contributed by atoms with E-state index in [1.54, 1.807) is 36.4 Å². The van der Waals surface area contributed by atoms with Crippen LogP contribution in [-0.2, 0) is 14.9 Å². The van der Waals surface area contributed by atoms with Crippen molar-refractivity contribution >= 4 is 56.4 Å². The molecule has 2 rings (SSSR count). The molecule has 1 radical (unpaired) electrons. The Kier molecular flexibility index (Phi) is 6.05. The predicted octanol–water partition coefficient (Wildman–Crippen LogP) is 2.10. The number of ether oxygens (including phenoxy) is 1. The molecule has 22 heavy (non-hydrogen) atoms. The van der Waals surface area contributed by atoms with E-state index in [1.807, 2.05) is 0 Å². The van der Waals surface area contributed by atoms with Crippen LogP contribution in [0.1, 0.15) is 10.4 Å². The minimum Gasteiger partial charge on any atom is -0.454 e. The second-order valence-electron chi connectivity index (χ2n) is 4.22. The summed E-state index contributed by atoms with van der Waals surface area (Å²) < 4.78 is 59.5. The average molecular weight is 339 g/mol. The maximum absolute atomic E-state index is 13.0. The molecule has 0 aromatic heterocycles. The van der Waals surface area contributed by atoms with E-state index in [0.29, 0.717) is 10.8 Å². The number of carbonyl (C=O) groups excluding carboxylic acids is 1. The van der Waals surface area contributed by atoms with Gasteiger partial charge in [0.2, 0.25) is 0 Å². The predicted molar refractivity (Wildman–Crippen MR) is 76.5 cm³/mol. The first-order valence-electron chi connectivity index (χ1n) is 5.72. The molecule has 0 bridgehead atoms. The molecule has 0 saturated carbocycles. The molecule has 0 unspecified atom stereocenters. The van der Waals surface area contributed by atoms with Gasteiger partial charge in [-0.05, 0) is 16.8 Å². The Morgan fingerprint density at radius 2 is 1.73 bits per heavy atom. The number of benzene rings is 2. The van der Waals surface area contributed by atoms with E-state index in [0.717, 1.165) is 0 Å².